The second-order valence-electron chi connectivity index (χ2n) is 6.52. The molecule has 0 saturated carbocycles. The van der Waals surface area contributed by atoms with Crippen LogP contribution in [0.1, 0.15) is 37.0 Å². The van der Waals surface area contributed by atoms with E-state index in [0.29, 0.717) is 6.61 Å². The van der Waals surface area contributed by atoms with Gasteiger partial charge in [0.25, 0.3) is 0 Å². The largest absolute Gasteiger partial charge is 0.466 e. The highest BCUT2D eigenvalue weighted by atomic mass is 16.5. The van der Waals surface area contributed by atoms with Crippen molar-refractivity contribution in [3.8, 4) is 0 Å². The van der Waals surface area contributed by atoms with Crippen molar-refractivity contribution in [2.75, 3.05) is 19.7 Å². The number of carbonyl (C=O) groups excluding carboxylic acids is 2. The van der Waals surface area contributed by atoms with E-state index in [9.17, 15) is 9.59 Å². The first-order valence-electron chi connectivity index (χ1n) is 8.73. The molecule has 1 aliphatic rings. The highest BCUT2D eigenvalue weighted by molar-refractivity contribution is 6.09. The van der Waals surface area contributed by atoms with Crippen LogP contribution in [0.5, 0.6) is 0 Å². The Hall–Kier alpha value is -2.14. The second-order valence-corrected chi connectivity index (χ2v) is 6.52. The number of esters is 1. The van der Waals surface area contributed by atoms with Gasteiger partial charge in [-0.25, -0.2) is 0 Å². The molecule has 5 heteroatoms. The van der Waals surface area contributed by atoms with Crippen LogP contribution < -0.4 is 4.90 Å². The Kier molecular flexibility index (Phi) is 5.00. The van der Waals surface area contributed by atoms with Crippen molar-refractivity contribution in [3.05, 3.63) is 36.0 Å². The van der Waals surface area contributed by atoms with Gasteiger partial charge in [-0.15, -0.1) is 0 Å². The van der Waals surface area contributed by atoms with Crippen molar-refractivity contribution in [1.82, 2.24) is 4.98 Å². The monoisotopic (exact) mass is 329 g/mol. The van der Waals surface area contributed by atoms with E-state index in [1.54, 1.807) is 0 Å². The number of carbonyl (C=O) groups is 2. The van der Waals surface area contributed by atoms with Crippen molar-refractivity contribution < 1.29 is 19.2 Å². The molecule has 24 heavy (non-hydrogen) atoms. The maximum atomic E-state index is 12.9. The molecule has 0 bridgehead atoms. The SMILES string of the molecule is CCOC(=O)C1CC[NH+]([C@@H](C)C(=O)c2c[nH]c3ccccc23)CC1. The summed E-state index contributed by atoms with van der Waals surface area (Å²) in [6, 6.07) is 7.77. The fourth-order valence-corrected chi connectivity index (χ4v) is 3.61. The van der Waals surface area contributed by atoms with E-state index in [4.69, 9.17) is 4.74 Å². The molecule has 2 N–H and O–H groups in total. The zero-order valence-electron chi connectivity index (χ0n) is 14.3. The van der Waals surface area contributed by atoms with Crippen LogP contribution in [0, 0.1) is 5.92 Å². The number of aromatic amines is 1. The Morgan fingerprint density at radius 3 is 2.71 bits per heavy atom. The minimum atomic E-state index is -0.104. The number of nitrogens with one attached hydrogen (secondary N) is 2. The number of likely N-dealkylation sites (tertiary alicyclic amines) is 1. The lowest BCUT2D eigenvalue weighted by Crippen LogP contribution is -3.17. The number of piperidine rings is 1. The third kappa shape index (κ3) is 3.22. The summed E-state index contributed by atoms with van der Waals surface area (Å²) < 4.78 is 5.11. The summed E-state index contributed by atoms with van der Waals surface area (Å²) >= 11 is 0. The number of ether oxygens (including phenoxy) is 1. The van der Waals surface area contributed by atoms with E-state index in [1.807, 2.05) is 44.3 Å². The van der Waals surface area contributed by atoms with E-state index in [1.165, 1.54) is 4.90 Å². The average Bonchev–Trinajstić information content (AvgIpc) is 3.05. The Bertz CT molecular complexity index is 729. The van der Waals surface area contributed by atoms with Crippen LogP contribution in [-0.4, -0.2) is 42.5 Å². The number of aromatic nitrogens is 1. The molecule has 1 aromatic heterocycles. The molecule has 0 aliphatic carbocycles. The van der Waals surface area contributed by atoms with Crippen molar-refractivity contribution >= 4 is 22.7 Å². The summed E-state index contributed by atoms with van der Waals surface area (Å²) in [5, 5.41) is 0.982. The first-order chi connectivity index (χ1) is 11.6. The topological polar surface area (TPSA) is 63.6 Å². The van der Waals surface area contributed by atoms with Crippen molar-refractivity contribution in [3.63, 3.8) is 0 Å². The molecule has 128 valence electrons. The third-order valence-corrected chi connectivity index (χ3v) is 5.11. The lowest BCUT2D eigenvalue weighted by Gasteiger charge is -2.31. The Morgan fingerprint density at radius 2 is 2.00 bits per heavy atom. The van der Waals surface area contributed by atoms with E-state index in [2.05, 4.69) is 4.98 Å². The van der Waals surface area contributed by atoms with E-state index >= 15 is 0 Å². The van der Waals surface area contributed by atoms with Gasteiger partial charge < -0.3 is 14.6 Å². The smallest absolute Gasteiger partial charge is 0.309 e. The van der Waals surface area contributed by atoms with E-state index < -0.39 is 0 Å². The third-order valence-electron chi connectivity index (χ3n) is 5.11. The van der Waals surface area contributed by atoms with Crippen LogP contribution in [0.15, 0.2) is 30.5 Å². The second kappa shape index (κ2) is 7.18. The number of fused-ring (bicyclic) bond motifs is 1. The summed E-state index contributed by atoms with van der Waals surface area (Å²) in [7, 11) is 0. The molecule has 0 unspecified atom stereocenters. The number of Topliss-reactive ketones (excluding diaryl/α,β-unsaturated/α-hetero) is 1. The van der Waals surface area contributed by atoms with E-state index in [-0.39, 0.29) is 23.7 Å². The van der Waals surface area contributed by atoms with Gasteiger partial charge in [-0.05, 0) is 19.9 Å². The van der Waals surface area contributed by atoms with Crippen LogP contribution in [-0.2, 0) is 9.53 Å². The number of hydrogen-bond acceptors (Lipinski definition) is 3. The maximum absolute atomic E-state index is 12.9. The Labute approximate surface area is 142 Å². The molecule has 0 amide bonds. The fourth-order valence-electron chi connectivity index (χ4n) is 3.61. The maximum Gasteiger partial charge on any atom is 0.309 e. The highest BCUT2D eigenvalue weighted by Gasteiger charge is 2.34. The fraction of sp³-hybridized carbons (Fsp3) is 0.474. The minimum Gasteiger partial charge on any atom is -0.466 e. The number of para-hydroxylation sites is 1. The molecule has 2 heterocycles. The van der Waals surface area contributed by atoms with Crippen molar-refractivity contribution in [1.29, 1.82) is 0 Å². The molecule has 1 aromatic carbocycles. The summed E-state index contributed by atoms with van der Waals surface area (Å²) in [4.78, 5) is 29.2. The molecule has 5 nitrogen and oxygen atoms in total. The quantitative estimate of drug-likeness (QED) is 0.647. The first-order valence-corrected chi connectivity index (χ1v) is 8.73. The summed E-state index contributed by atoms with van der Waals surface area (Å²) in [6.07, 6.45) is 3.40. The average molecular weight is 329 g/mol. The van der Waals surface area contributed by atoms with Gasteiger partial charge in [0.05, 0.1) is 25.6 Å². The summed E-state index contributed by atoms with van der Waals surface area (Å²) in [5.41, 5.74) is 1.75. The predicted molar refractivity (Wildman–Crippen MR) is 92.1 cm³/mol. The van der Waals surface area contributed by atoms with Crippen LogP contribution in [0.3, 0.4) is 0 Å². The lowest BCUT2D eigenvalue weighted by atomic mass is 9.94. The summed E-state index contributed by atoms with van der Waals surface area (Å²) in [6.45, 7) is 5.92. The number of ketones is 1. The molecule has 1 atom stereocenters. The molecule has 1 aliphatic heterocycles. The number of rotatable bonds is 5. The van der Waals surface area contributed by atoms with E-state index in [0.717, 1.165) is 42.4 Å². The zero-order valence-corrected chi connectivity index (χ0v) is 14.3. The van der Waals surface area contributed by atoms with Crippen molar-refractivity contribution in [2.24, 2.45) is 5.92 Å². The molecule has 1 saturated heterocycles. The minimum absolute atomic E-state index is 0.0101. The van der Waals surface area contributed by atoms with Crippen LogP contribution in [0.25, 0.3) is 10.9 Å². The van der Waals surface area contributed by atoms with Gasteiger partial charge in [0.2, 0.25) is 5.78 Å². The first kappa shape index (κ1) is 16.7. The zero-order chi connectivity index (χ0) is 17.1. The molecule has 2 aromatic rings. The Balaban J connectivity index is 1.66. The normalized spacial score (nSPS) is 22.2. The molecule has 3 rings (SSSR count). The molecular formula is C19H25N2O3+. The summed E-state index contributed by atoms with van der Waals surface area (Å²) in [5.74, 6) is 0.0632. The van der Waals surface area contributed by atoms with Gasteiger partial charge in [0, 0.05) is 35.5 Å². The van der Waals surface area contributed by atoms with Gasteiger partial charge >= 0.3 is 5.97 Å². The lowest BCUT2D eigenvalue weighted by molar-refractivity contribution is -0.919. The van der Waals surface area contributed by atoms with Gasteiger partial charge in [-0.2, -0.15) is 0 Å². The number of H-pyrrole nitrogens is 1. The molecule has 0 radical (unpaired) electrons. The van der Waals surface area contributed by atoms with Gasteiger partial charge in [0.15, 0.2) is 0 Å². The van der Waals surface area contributed by atoms with Crippen molar-refractivity contribution in [2.45, 2.75) is 32.7 Å². The predicted octanol–water partition coefficient (Wildman–Crippen LogP) is 1.60. The van der Waals surface area contributed by atoms with Crippen LogP contribution in [0.2, 0.25) is 0 Å². The van der Waals surface area contributed by atoms with Crippen LogP contribution >= 0.6 is 0 Å². The number of benzene rings is 1. The van der Waals surface area contributed by atoms with Crippen LogP contribution in [0.4, 0.5) is 0 Å². The number of quaternary nitrogens is 1. The molecular weight excluding hydrogens is 304 g/mol. The van der Waals surface area contributed by atoms with Gasteiger partial charge in [0.1, 0.15) is 6.04 Å². The molecule has 0 spiro atoms. The number of hydrogen-bond donors (Lipinski definition) is 2. The molecule has 1 fully saturated rings. The highest BCUT2D eigenvalue weighted by Crippen LogP contribution is 2.19. The Morgan fingerprint density at radius 1 is 1.29 bits per heavy atom. The standard InChI is InChI=1S/C19H24N2O3/c1-3-24-19(23)14-8-10-21(11-9-14)13(2)18(22)16-12-20-17-7-5-4-6-15(16)17/h4-7,12-14,20H,3,8-11H2,1-2H3/p+1/t13-/m0/s1. The van der Waals surface area contributed by atoms with Gasteiger partial charge in [-0.1, -0.05) is 18.2 Å². The van der Waals surface area contributed by atoms with Gasteiger partial charge in [-0.3, -0.25) is 9.59 Å².